The number of aliphatic hydroxyl groups is 1. The van der Waals surface area contributed by atoms with Crippen molar-refractivity contribution in [3.63, 3.8) is 0 Å². The monoisotopic (exact) mass is 393 g/mol. The number of aliphatic hydroxyl groups excluding tert-OH is 1. The van der Waals surface area contributed by atoms with Gasteiger partial charge in [-0.3, -0.25) is 9.59 Å². The lowest BCUT2D eigenvalue weighted by Crippen LogP contribution is -2.38. The quantitative estimate of drug-likeness (QED) is 0.512. The van der Waals surface area contributed by atoms with Crippen LogP contribution in [0.3, 0.4) is 0 Å². The average Bonchev–Trinajstić information content (AvgIpc) is 2.50. The molecule has 0 aliphatic carbocycles. The maximum atomic E-state index is 11.5. The molecule has 0 aromatic heterocycles. The molecule has 0 bridgehead atoms. The number of carboxylic acid groups (broad SMARTS) is 2. The first-order chi connectivity index (χ1) is 12.5. The smallest absolute Gasteiger partial charge is 0.309 e. The van der Waals surface area contributed by atoms with Gasteiger partial charge in [-0.05, 0) is 78.0 Å². The summed E-state index contributed by atoms with van der Waals surface area (Å²) in [5.74, 6) is -1.81. The minimum absolute atomic E-state index is 0.155. The second kappa shape index (κ2) is 8.62. The van der Waals surface area contributed by atoms with Crippen molar-refractivity contribution in [2.24, 2.45) is 10.8 Å². The molecule has 1 atom stereocenters. The molecule has 0 spiro atoms. The third-order valence-electron chi connectivity index (χ3n) is 4.74. The zero-order valence-corrected chi connectivity index (χ0v) is 18.1. The molecule has 6 nitrogen and oxygen atoms in total. The summed E-state index contributed by atoms with van der Waals surface area (Å²) in [6.07, 6.45) is -0.203. The van der Waals surface area contributed by atoms with Crippen LogP contribution in [-0.2, 0) is 22.4 Å². The molecule has 0 amide bonds. The number of benzene rings is 1. The van der Waals surface area contributed by atoms with Crippen LogP contribution in [0.5, 0.6) is 0 Å². The summed E-state index contributed by atoms with van der Waals surface area (Å²) >= 11 is 0. The van der Waals surface area contributed by atoms with Crippen molar-refractivity contribution in [2.45, 2.75) is 73.0 Å². The summed E-state index contributed by atoms with van der Waals surface area (Å²) in [5, 5.41) is 32.8. The van der Waals surface area contributed by atoms with Crippen LogP contribution in [0.4, 0.5) is 0 Å². The van der Waals surface area contributed by atoms with Crippen LogP contribution in [0.2, 0.25) is 0 Å². The van der Waals surface area contributed by atoms with E-state index in [1.54, 1.807) is 27.7 Å². The SMILES string of the molecule is CC(C)(C)NCC(O)c1cc(CC(C)(C)C(=O)O)cc(CC(C)(C)C(=O)O)c1. The van der Waals surface area contributed by atoms with Crippen molar-refractivity contribution < 1.29 is 24.9 Å². The number of rotatable bonds is 9. The number of carbonyl (C=O) groups is 2. The largest absolute Gasteiger partial charge is 0.481 e. The van der Waals surface area contributed by atoms with E-state index in [0.29, 0.717) is 12.1 Å². The molecule has 0 radical (unpaired) electrons. The molecule has 1 aromatic carbocycles. The number of β-amino-alcohol motifs (C(OH)–C–C–N with tert-alkyl or cyclic N) is 1. The van der Waals surface area contributed by atoms with Gasteiger partial charge in [0.25, 0.3) is 0 Å². The molecule has 1 unspecified atom stereocenters. The molecule has 0 fully saturated rings. The van der Waals surface area contributed by atoms with Crippen LogP contribution in [0, 0.1) is 10.8 Å². The Labute approximate surface area is 168 Å². The van der Waals surface area contributed by atoms with E-state index < -0.39 is 28.9 Å². The van der Waals surface area contributed by atoms with Crippen LogP contribution in [-0.4, -0.2) is 39.3 Å². The molecular weight excluding hydrogens is 358 g/mol. The zero-order valence-electron chi connectivity index (χ0n) is 18.1. The topological polar surface area (TPSA) is 107 Å². The van der Waals surface area contributed by atoms with Gasteiger partial charge in [-0.1, -0.05) is 18.2 Å². The van der Waals surface area contributed by atoms with E-state index in [2.05, 4.69) is 5.32 Å². The lowest BCUT2D eigenvalue weighted by Gasteiger charge is -2.25. The third kappa shape index (κ3) is 7.24. The first kappa shape index (κ1) is 24.1. The van der Waals surface area contributed by atoms with Crippen LogP contribution >= 0.6 is 0 Å². The summed E-state index contributed by atoms with van der Waals surface area (Å²) in [6, 6.07) is 5.48. The lowest BCUT2D eigenvalue weighted by molar-refractivity contribution is -0.147. The molecule has 28 heavy (non-hydrogen) atoms. The molecular formula is C22H35NO5. The fraction of sp³-hybridized carbons (Fsp3) is 0.636. The first-order valence-corrected chi connectivity index (χ1v) is 9.56. The van der Waals surface area contributed by atoms with Crippen molar-refractivity contribution in [1.82, 2.24) is 5.32 Å². The minimum Gasteiger partial charge on any atom is -0.481 e. The highest BCUT2D eigenvalue weighted by atomic mass is 16.4. The molecule has 158 valence electrons. The fourth-order valence-electron chi connectivity index (χ4n) is 2.88. The van der Waals surface area contributed by atoms with E-state index in [4.69, 9.17) is 0 Å². The Morgan fingerprint density at radius 1 is 0.857 bits per heavy atom. The number of nitrogens with one attached hydrogen (secondary N) is 1. The normalized spacial score (nSPS) is 14.0. The Morgan fingerprint density at radius 2 is 1.25 bits per heavy atom. The Hall–Kier alpha value is -1.92. The minimum atomic E-state index is -0.965. The van der Waals surface area contributed by atoms with Crippen molar-refractivity contribution in [2.75, 3.05) is 6.54 Å². The van der Waals surface area contributed by atoms with Gasteiger partial charge in [-0.2, -0.15) is 0 Å². The highest BCUT2D eigenvalue weighted by molar-refractivity contribution is 5.74. The average molecular weight is 394 g/mol. The van der Waals surface area contributed by atoms with Crippen LogP contribution in [0.15, 0.2) is 18.2 Å². The van der Waals surface area contributed by atoms with Gasteiger partial charge in [-0.25, -0.2) is 0 Å². The molecule has 0 saturated carbocycles. The molecule has 0 aliphatic heterocycles. The van der Waals surface area contributed by atoms with Crippen LogP contribution < -0.4 is 5.32 Å². The lowest BCUT2D eigenvalue weighted by atomic mass is 9.81. The second-order valence-electron chi connectivity index (χ2n) is 9.96. The van der Waals surface area contributed by atoms with Gasteiger partial charge < -0.3 is 20.6 Å². The van der Waals surface area contributed by atoms with E-state index in [1.807, 2.05) is 39.0 Å². The summed E-state index contributed by atoms with van der Waals surface area (Å²) in [4.78, 5) is 23.0. The van der Waals surface area contributed by atoms with Crippen LogP contribution in [0.25, 0.3) is 0 Å². The molecule has 0 aliphatic rings. The van der Waals surface area contributed by atoms with E-state index in [-0.39, 0.29) is 18.4 Å². The highest BCUT2D eigenvalue weighted by Gasteiger charge is 2.30. The maximum Gasteiger partial charge on any atom is 0.309 e. The fourth-order valence-corrected chi connectivity index (χ4v) is 2.88. The standard InChI is InChI=1S/C22H35NO5/c1-20(2,3)23-13-17(24)16-9-14(11-21(4,5)18(25)26)8-15(10-16)12-22(6,7)19(27)28/h8-10,17,23-24H,11-13H2,1-7H3,(H,25,26)(H,27,28). The Bertz CT molecular complexity index is 670. The molecule has 1 rings (SSSR count). The Kier molecular flexibility index (Phi) is 7.42. The number of carboxylic acids is 2. The Balaban J connectivity index is 3.26. The first-order valence-electron chi connectivity index (χ1n) is 9.56. The molecule has 1 aromatic rings. The summed E-state index contributed by atoms with van der Waals surface area (Å²) < 4.78 is 0. The van der Waals surface area contributed by atoms with E-state index >= 15 is 0 Å². The highest BCUT2D eigenvalue weighted by Crippen LogP contribution is 2.29. The van der Waals surface area contributed by atoms with Gasteiger partial charge in [-0.15, -0.1) is 0 Å². The number of hydrogen-bond acceptors (Lipinski definition) is 4. The van der Waals surface area contributed by atoms with Gasteiger partial charge in [0, 0.05) is 12.1 Å². The predicted molar refractivity (Wildman–Crippen MR) is 109 cm³/mol. The molecule has 4 N–H and O–H groups in total. The van der Waals surface area contributed by atoms with Gasteiger partial charge in [0.15, 0.2) is 0 Å². The summed E-state index contributed by atoms with van der Waals surface area (Å²) in [6.45, 7) is 13.0. The van der Waals surface area contributed by atoms with E-state index in [9.17, 15) is 24.9 Å². The maximum absolute atomic E-state index is 11.5. The molecule has 0 saturated heterocycles. The van der Waals surface area contributed by atoms with E-state index in [1.165, 1.54) is 0 Å². The number of hydrogen-bond donors (Lipinski definition) is 4. The molecule has 6 heteroatoms. The molecule has 0 heterocycles. The van der Waals surface area contributed by atoms with Gasteiger partial charge in [0.1, 0.15) is 0 Å². The van der Waals surface area contributed by atoms with Crippen molar-refractivity contribution in [3.05, 3.63) is 34.9 Å². The predicted octanol–water partition coefficient (Wildman–Crippen LogP) is 3.41. The van der Waals surface area contributed by atoms with Gasteiger partial charge >= 0.3 is 11.9 Å². The van der Waals surface area contributed by atoms with E-state index in [0.717, 1.165) is 11.1 Å². The van der Waals surface area contributed by atoms with Gasteiger partial charge in [0.2, 0.25) is 0 Å². The number of aliphatic carboxylic acids is 2. The second-order valence-corrected chi connectivity index (χ2v) is 9.96. The van der Waals surface area contributed by atoms with Crippen molar-refractivity contribution in [1.29, 1.82) is 0 Å². The summed E-state index contributed by atoms with van der Waals surface area (Å²) in [7, 11) is 0. The summed E-state index contributed by atoms with van der Waals surface area (Å²) in [5.41, 5.74) is 0.121. The van der Waals surface area contributed by atoms with Crippen LogP contribution in [0.1, 0.15) is 71.3 Å². The zero-order chi connectivity index (χ0) is 21.9. The van der Waals surface area contributed by atoms with Gasteiger partial charge in [0.05, 0.1) is 16.9 Å². The van der Waals surface area contributed by atoms with Crippen molar-refractivity contribution >= 4 is 11.9 Å². The Morgan fingerprint density at radius 3 is 1.57 bits per heavy atom. The van der Waals surface area contributed by atoms with Crippen molar-refractivity contribution in [3.8, 4) is 0 Å². The third-order valence-corrected chi connectivity index (χ3v) is 4.74.